The number of carbonyl (C=O) groups is 2. The van der Waals surface area contributed by atoms with Gasteiger partial charge >= 0.3 is 11.9 Å². The minimum absolute atomic E-state index is 0.114. The van der Waals surface area contributed by atoms with Crippen LogP contribution in [0.1, 0.15) is 67.2 Å². The van der Waals surface area contributed by atoms with Crippen molar-refractivity contribution in [3.8, 4) is 0 Å². The highest BCUT2D eigenvalue weighted by atomic mass is 16.6. The van der Waals surface area contributed by atoms with Crippen molar-refractivity contribution in [3.63, 3.8) is 0 Å². The second-order valence-corrected chi connectivity index (χ2v) is 7.43. The van der Waals surface area contributed by atoms with E-state index in [2.05, 4.69) is 32.1 Å². The number of ether oxygens (including phenoxy) is 2. The predicted octanol–water partition coefficient (Wildman–Crippen LogP) is 4.34. The second-order valence-electron chi connectivity index (χ2n) is 7.43. The Morgan fingerprint density at radius 3 is 2.39 bits per heavy atom. The van der Waals surface area contributed by atoms with Gasteiger partial charge in [-0.25, -0.2) is 0 Å². The minimum Gasteiger partial charge on any atom is -0.459 e. The summed E-state index contributed by atoms with van der Waals surface area (Å²) in [7, 11) is 0. The van der Waals surface area contributed by atoms with E-state index in [4.69, 9.17) is 9.47 Å². The summed E-state index contributed by atoms with van der Waals surface area (Å²) >= 11 is 0. The van der Waals surface area contributed by atoms with Crippen molar-refractivity contribution in [3.05, 3.63) is 23.8 Å². The van der Waals surface area contributed by atoms with Crippen LogP contribution in [-0.2, 0) is 19.1 Å². The van der Waals surface area contributed by atoms with Crippen LogP contribution in [0.5, 0.6) is 0 Å². The first kappa shape index (κ1) is 19.5. The molecule has 0 aromatic heterocycles. The Bertz CT molecular complexity index is 501. The third-order valence-electron chi connectivity index (χ3n) is 4.18. The van der Waals surface area contributed by atoms with Gasteiger partial charge in [0, 0.05) is 20.3 Å². The van der Waals surface area contributed by atoms with E-state index in [1.807, 2.05) is 13.8 Å². The summed E-state index contributed by atoms with van der Waals surface area (Å²) in [4.78, 5) is 22.8. The number of carbonyl (C=O) groups excluding carboxylic acids is 2. The zero-order valence-electron chi connectivity index (χ0n) is 15.3. The van der Waals surface area contributed by atoms with Gasteiger partial charge in [-0.2, -0.15) is 0 Å². The van der Waals surface area contributed by atoms with Gasteiger partial charge in [0.15, 0.2) is 0 Å². The van der Waals surface area contributed by atoms with Crippen molar-refractivity contribution < 1.29 is 19.1 Å². The lowest BCUT2D eigenvalue weighted by atomic mass is 9.84. The largest absolute Gasteiger partial charge is 0.459 e. The minimum atomic E-state index is -0.504. The molecule has 1 aliphatic carbocycles. The number of esters is 2. The highest BCUT2D eigenvalue weighted by Gasteiger charge is 2.29. The van der Waals surface area contributed by atoms with Crippen LogP contribution in [0.15, 0.2) is 23.8 Å². The van der Waals surface area contributed by atoms with Crippen molar-refractivity contribution in [2.24, 2.45) is 5.41 Å². The lowest BCUT2D eigenvalue weighted by Crippen LogP contribution is -2.30. The molecule has 0 aliphatic heterocycles. The van der Waals surface area contributed by atoms with E-state index < -0.39 is 5.60 Å². The van der Waals surface area contributed by atoms with Crippen molar-refractivity contribution in [2.45, 2.75) is 78.9 Å². The summed E-state index contributed by atoms with van der Waals surface area (Å²) in [6.07, 6.45) is 9.01. The topological polar surface area (TPSA) is 52.6 Å². The van der Waals surface area contributed by atoms with Crippen LogP contribution in [0.3, 0.4) is 0 Å². The molecule has 0 bridgehead atoms. The molecule has 0 aromatic rings. The van der Waals surface area contributed by atoms with Gasteiger partial charge in [0.1, 0.15) is 11.7 Å². The molecule has 130 valence electrons. The fourth-order valence-corrected chi connectivity index (χ4v) is 2.95. The SMILES string of the molecule is CC(=O)O[C@@H]1CC(C)(C)/C=C/C[C@@](C)(OC(C)=O)CC/C=C/1C. The van der Waals surface area contributed by atoms with Crippen molar-refractivity contribution >= 4 is 11.9 Å². The first-order valence-electron chi connectivity index (χ1n) is 8.24. The molecule has 0 radical (unpaired) electrons. The first-order valence-corrected chi connectivity index (χ1v) is 8.24. The zero-order chi connectivity index (χ0) is 17.7. The molecule has 4 nitrogen and oxygen atoms in total. The molecule has 0 saturated carbocycles. The normalized spacial score (nSPS) is 31.9. The molecule has 0 unspecified atom stereocenters. The molecule has 0 heterocycles. The number of rotatable bonds is 2. The molecule has 1 aliphatic rings. The zero-order valence-corrected chi connectivity index (χ0v) is 15.3. The van der Waals surface area contributed by atoms with E-state index >= 15 is 0 Å². The van der Waals surface area contributed by atoms with Gasteiger partial charge in [-0.3, -0.25) is 9.59 Å². The smallest absolute Gasteiger partial charge is 0.303 e. The van der Waals surface area contributed by atoms with Gasteiger partial charge in [-0.15, -0.1) is 0 Å². The Balaban J connectivity index is 3.06. The molecular weight excluding hydrogens is 292 g/mol. The van der Waals surface area contributed by atoms with Crippen LogP contribution in [0.25, 0.3) is 0 Å². The van der Waals surface area contributed by atoms with Crippen LogP contribution < -0.4 is 0 Å². The van der Waals surface area contributed by atoms with E-state index in [0.717, 1.165) is 24.8 Å². The van der Waals surface area contributed by atoms with Crippen LogP contribution in [0.4, 0.5) is 0 Å². The second kappa shape index (κ2) is 7.80. The van der Waals surface area contributed by atoms with Crippen molar-refractivity contribution in [1.82, 2.24) is 0 Å². The molecular formula is C19H30O4. The number of allylic oxidation sites excluding steroid dienone is 2. The Hall–Kier alpha value is -1.58. The summed E-state index contributed by atoms with van der Waals surface area (Å²) < 4.78 is 11.0. The van der Waals surface area contributed by atoms with Crippen molar-refractivity contribution in [2.75, 3.05) is 0 Å². The van der Waals surface area contributed by atoms with E-state index in [1.54, 1.807) is 0 Å². The van der Waals surface area contributed by atoms with Gasteiger partial charge < -0.3 is 9.47 Å². The quantitative estimate of drug-likeness (QED) is 0.560. The molecule has 1 rings (SSSR count). The standard InChI is InChI=1S/C19H30O4/c1-14-9-7-11-19(6,23-16(3)21)12-8-10-18(4,5)13-17(14)22-15(2)20/h8-10,17H,7,11-13H2,1-6H3/b10-8+,14-9+/t17-,19+/m1/s1. The van der Waals surface area contributed by atoms with Crippen LogP contribution in [-0.4, -0.2) is 23.6 Å². The third-order valence-corrected chi connectivity index (χ3v) is 4.18. The van der Waals surface area contributed by atoms with Gasteiger partial charge in [0.25, 0.3) is 0 Å². The van der Waals surface area contributed by atoms with E-state index in [0.29, 0.717) is 6.42 Å². The van der Waals surface area contributed by atoms with E-state index in [1.165, 1.54) is 13.8 Å². The molecule has 0 aromatic carbocycles. The van der Waals surface area contributed by atoms with Crippen LogP contribution in [0.2, 0.25) is 0 Å². The monoisotopic (exact) mass is 322 g/mol. The summed E-state index contributed by atoms with van der Waals surface area (Å²) in [5.74, 6) is -0.518. The molecule has 2 atom stereocenters. The summed E-state index contributed by atoms with van der Waals surface area (Å²) in [6, 6.07) is 0. The Labute approximate surface area is 139 Å². The van der Waals surface area contributed by atoms with Crippen LogP contribution in [0, 0.1) is 5.41 Å². The highest BCUT2D eigenvalue weighted by molar-refractivity contribution is 5.66. The predicted molar refractivity (Wildman–Crippen MR) is 90.9 cm³/mol. The van der Waals surface area contributed by atoms with E-state index in [9.17, 15) is 9.59 Å². The van der Waals surface area contributed by atoms with E-state index in [-0.39, 0.29) is 23.5 Å². The molecule has 0 fully saturated rings. The number of hydrogen-bond donors (Lipinski definition) is 0. The molecule has 0 saturated heterocycles. The maximum absolute atomic E-state index is 11.4. The lowest BCUT2D eigenvalue weighted by molar-refractivity contribution is -0.155. The third kappa shape index (κ3) is 7.02. The first-order chi connectivity index (χ1) is 10.5. The molecule has 23 heavy (non-hydrogen) atoms. The van der Waals surface area contributed by atoms with Gasteiger partial charge in [-0.1, -0.05) is 32.1 Å². The average Bonchev–Trinajstić information content (AvgIpc) is 2.35. The average molecular weight is 322 g/mol. The van der Waals surface area contributed by atoms with Crippen LogP contribution >= 0.6 is 0 Å². The summed E-state index contributed by atoms with van der Waals surface area (Å²) in [5.41, 5.74) is 0.432. The van der Waals surface area contributed by atoms with Gasteiger partial charge in [0.2, 0.25) is 0 Å². The number of hydrogen-bond acceptors (Lipinski definition) is 4. The molecule has 4 heteroatoms. The highest BCUT2D eigenvalue weighted by Crippen LogP contribution is 2.32. The summed E-state index contributed by atoms with van der Waals surface area (Å²) in [6.45, 7) is 11.1. The lowest BCUT2D eigenvalue weighted by Gasteiger charge is -2.28. The Kier molecular flexibility index (Phi) is 6.60. The molecule has 0 spiro atoms. The van der Waals surface area contributed by atoms with Crippen molar-refractivity contribution in [1.29, 1.82) is 0 Å². The Morgan fingerprint density at radius 2 is 1.83 bits per heavy atom. The summed E-state index contributed by atoms with van der Waals surface area (Å²) in [5, 5.41) is 0. The fraction of sp³-hybridized carbons (Fsp3) is 0.684. The molecule has 0 N–H and O–H groups in total. The maximum atomic E-state index is 11.4. The Morgan fingerprint density at radius 1 is 1.17 bits per heavy atom. The molecule has 0 amide bonds. The van der Waals surface area contributed by atoms with Gasteiger partial charge in [-0.05, 0) is 44.1 Å². The fourth-order valence-electron chi connectivity index (χ4n) is 2.95. The van der Waals surface area contributed by atoms with Gasteiger partial charge in [0.05, 0.1) is 0 Å². The maximum Gasteiger partial charge on any atom is 0.303 e.